The zero-order valence-electron chi connectivity index (χ0n) is 9.68. The van der Waals surface area contributed by atoms with Gasteiger partial charge in [0.1, 0.15) is 0 Å². The average molecular weight is 211 g/mol. The second-order valence-corrected chi connectivity index (χ2v) is 3.70. The summed E-state index contributed by atoms with van der Waals surface area (Å²) in [5.41, 5.74) is 2.27. The Morgan fingerprint density at radius 3 is 2.93 bits per heavy atom. The number of aryl methyl sites for hydroxylation is 1. The van der Waals surface area contributed by atoms with Crippen molar-refractivity contribution in [2.24, 2.45) is 0 Å². The van der Waals surface area contributed by atoms with Crippen LogP contribution in [-0.2, 0) is 11.3 Å². The molecule has 0 aromatic carbocycles. The van der Waals surface area contributed by atoms with Gasteiger partial charge >= 0.3 is 0 Å². The molecule has 0 fully saturated rings. The van der Waals surface area contributed by atoms with Gasteiger partial charge < -0.3 is 15.0 Å². The number of hydrogen-bond acceptors (Lipinski definition) is 3. The standard InChI is InChI=1S/C11H21N3O/c1-10-11(14-9-13-10)8-12-6-4-3-5-7-15-2/h9,12H,3-8H2,1-2H3,(H,13,14). The van der Waals surface area contributed by atoms with Gasteiger partial charge in [-0.25, -0.2) is 4.98 Å². The highest BCUT2D eigenvalue weighted by Crippen LogP contribution is 1.99. The molecular weight excluding hydrogens is 190 g/mol. The highest BCUT2D eigenvalue weighted by Gasteiger charge is 1.98. The molecule has 4 heteroatoms. The van der Waals surface area contributed by atoms with E-state index in [1.165, 1.54) is 12.8 Å². The number of H-pyrrole nitrogens is 1. The van der Waals surface area contributed by atoms with Crippen molar-refractivity contribution >= 4 is 0 Å². The van der Waals surface area contributed by atoms with Crippen LogP contribution in [0.25, 0.3) is 0 Å². The number of imidazole rings is 1. The van der Waals surface area contributed by atoms with E-state index >= 15 is 0 Å². The second kappa shape index (κ2) is 7.43. The lowest BCUT2D eigenvalue weighted by Crippen LogP contribution is -2.15. The lowest BCUT2D eigenvalue weighted by atomic mass is 10.2. The van der Waals surface area contributed by atoms with E-state index in [1.807, 2.05) is 6.92 Å². The van der Waals surface area contributed by atoms with Gasteiger partial charge in [-0.1, -0.05) is 0 Å². The zero-order chi connectivity index (χ0) is 10.9. The Labute approximate surface area is 91.4 Å². The molecule has 0 radical (unpaired) electrons. The minimum Gasteiger partial charge on any atom is -0.385 e. The van der Waals surface area contributed by atoms with Crippen molar-refractivity contribution in [1.29, 1.82) is 0 Å². The number of nitrogens with one attached hydrogen (secondary N) is 2. The van der Waals surface area contributed by atoms with Gasteiger partial charge in [-0.2, -0.15) is 0 Å². The van der Waals surface area contributed by atoms with Crippen molar-refractivity contribution in [2.75, 3.05) is 20.3 Å². The molecule has 0 aliphatic heterocycles. The first-order chi connectivity index (χ1) is 7.34. The van der Waals surface area contributed by atoms with Crippen molar-refractivity contribution in [2.45, 2.75) is 32.7 Å². The monoisotopic (exact) mass is 211 g/mol. The summed E-state index contributed by atoms with van der Waals surface area (Å²) in [5.74, 6) is 0. The van der Waals surface area contributed by atoms with Crippen LogP contribution >= 0.6 is 0 Å². The molecule has 2 N–H and O–H groups in total. The number of rotatable bonds is 8. The van der Waals surface area contributed by atoms with E-state index < -0.39 is 0 Å². The van der Waals surface area contributed by atoms with Gasteiger partial charge in [0.15, 0.2) is 0 Å². The molecule has 1 aromatic heterocycles. The lowest BCUT2D eigenvalue weighted by molar-refractivity contribution is 0.192. The number of hydrogen-bond donors (Lipinski definition) is 2. The average Bonchev–Trinajstić information content (AvgIpc) is 2.63. The van der Waals surface area contributed by atoms with Gasteiger partial charge in [0.2, 0.25) is 0 Å². The molecule has 0 atom stereocenters. The van der Waals surface area contributed by atoms with E-state index in [0.29, 0.717) is 0 Å². The molecule has 15 heavy (non-hydrogen) atoms. The number of aromatic nitrogens is 2. The predicted octanol–water partition coefficient (Wildman–Crippen LogP) is 1.62. The first kappa shape index (κ1) is 12.2. The maximum Gasteiger partial charge on any atom is 0.0925 e. The molecule has 1 aromatic rings. The van der Waals surface area contributed by atoms with Crippen LogP contribution < -0.4 is 5.32 Å². The molecule has 4 nitrogen and oxygen atoms in total. The summed E-state index contributed by atoms with van der Waals surface area (Å²) in [6.07, 6.45) is 5.32. The molecule has 0 spiro atoms. The zero-order valence-corrected chi connectivity index (χ0v) is 9.68. The minimum absolute atomic E-state index is 0.861. The van der Waals surface area contributed by atoms with Crippen molar-refractivity contribution in [3.8, 4) is 0 Å². The van der Waals surface area contributed by atoms with Crippen LogP contribution in [0.4, 0.5) is 0 Å². The third kappa shape index (κ3) is 4.95. The molecule has 0 aliphatic carbocycles. The van der Waals surface area contributed by atoms with E-state index in [4.69, 9.17) is 4.74 Å². The molecule has 0 unspecified atom stereocenters. The molecular formula is C11H21N3O. The Bertz CT molecular complexity index is 260. The Kier molecular flexibility index (Phi) is 6.04. The van der Waals surface area contributed by atoms with Crippen LogP contribution in [0.5, 0.6) is 0 Å². The largest absolute Gasteiger partial charge is 0.385 e. The number of nitrogens with zero attached hydrogens (tertiary/aromatic N) is 1. The summed E-state index contributed by atoms with van der Waals surface area (Å²) in [6, 6.07) is 0. The van der Waals surface area contributed by atoms with Crippen LogP contribution in [0.3, 0.4) is 0 Å². The molecule has 0 amide bonds. The number of unbranched alkanes of at least 4 members (excludes halogenated alkanes) is 2. The van der Waals surface area contributed by atoms with Crippen LogP contribution in [-0.4, -0.2) is 30.2 Å². The number of ether oxygens (including phenoxy) is 1. The Morgan fingerprint density at radius 2 is 2.27 bits per heavy atom. The predicted molar refractivity (Wildman–Crippen MR) is 60.8 cm³/mol. The van der Waals surface area contributed by atoms with Crippen LogP contribution in [0, 0.1) is 6.92 Å². The van der Waals surface area contributed by atoms with Gasteiger partial charge in [0.05, 0.1) is 12.0 Å². The Hall–Kier alpha value is -0.870. The van der Waals surface area contributed by atoms with E-state index in [-0.39, 0.29) is 0 Å². The highest BCUT2D eigenvalue weighted by molar-refractivity contribution is 5.07. The summed E-state index contributed by atoms with van der Waals surface area (Å²) in [4.78, 5) is 7.29. The maximum absolute atomic E-state index is 4.99. The SMILES string of the molecule is COCCCCCNCc1nc[nH]c1C. The quantitative estimate of drug-likeness (QED) is 0.642. The van der Waals surface area contributed by atoms with E-state index in [2.05, 4.69) is 15.3 Å². The fraction of sp³-hybridized carbons (Fsp3) is 0.727. The Balaban J connectivity index is 1.96. The third-order valence-corrected chi connectivity index (χ3v) is 2.43. The minimum atomic E-state index is 0.861. The molecule has 1 heterocycles. The first-order valence-corrected chi connectivity index (χ1v) is 5.53. The summed E-state index contributed by atoms with van der Waals surface area (Å²) in [5, 5.41) is 3.38. The van der Waals surface area contributed by atoms with Gasteiger partial charge in [0.25, 0.3) is 0 Å². The molecule has 0 saturated carbocycles. The maximum atomic E-state index is 4.99. The van der Waals surface area contributed by atoms with Crippen LogP contribution in [0.1, 0.15) is 30.7 Å². The fourth-order valence-electron chi connectivity index (χ4n) is 1.45. The molecule has 86 valence electrons. The summed E-state index contributed by atoms with van der Waals surface area (Å²) in [7, 11) is 1.75. The number of methoxy groups -OCH3 is 1. The normalized spacial score (nSPS) is 10.8. The molecule has 0 aliphatic rings. The van der Waals surface area contributed by atoms with Gasteiger partial charge in [-0.3, -0.25) is 0 Å². The van der Waals surface area contributed by atoms with Crippen molar-refractivity contribution in [1.82, 2.24) is 15.3 Å². The van der Waals surface area contributed by atoms with Crippen LogP contribution in [0.15, 0.2) is 6.33 Å². The highest BCUT2D eigenvalue weighted by atomic mass is 16.5. The summed E-state index contributed by atoms with van der Waals surface area (Å²) >= 11 is 0. The summed E-state index contributed by atoms with van der Waals surface area (Å²) in [6.45, 7) is 4.83. The topological polar surface area (TPSA) is 49.9 Å². The van der Waals surface area contributed by atoms with E-state index in [9.17, 15) is 0 Å². The smallest absolute Gasteiger partial charge is 0.0925 e. The Morgan fingerprint density at radius 1 is 1.40 bits per heavy atom. The molecule has 0 bridgehead atoms. The molecule has 0 saturated heterocycles. The van der Waals surface area contributed by atoms with E-state index in [1.54, 1.807) is 13.4 Å². The van der Waals surface area contributed by atoms with Crippen LogP contribution in [0.2, 0.25) is 0 Å². The lowest BCUT2D eigenvalue weighted by Gasteiger charge is -2.03. The number of aromatic amines is 1. The van der Waals surface area contributed by atoms with Gasteiger partial charge in [0, 0.05) is 26.0 Å². The summed E-state index contributed by atoms with van der Waals surface area (Å²) < 4.78 is 4.99. The van der Waals surface area contributed by atoms with Gasteiger partial charge in [-0.15, -0.1) is 0 Å². The molecule has 1 rings (SSSR count). The van der Waals surface area contributed by atoms with E-state index in [0.717, 1.165) is 37.5 Å². The fourth-order valence-corrected chi connectivity index (χ4v) is 1.45. The van der Waals surface area contributed by atoms with Crippen molar-refractivity contribution in [3.63, 3.8) is 0 Å². The second-order valence-electron chi connectivity index (χ2n) is 3.70. The first-order valence-electron chi connectivity index (χ1n) is 5.53. The van der Waals surface area contributed by atoms with Crippen molar-refractivity contribution in [3.05, 3.63) is 17.7 Å². The van der Waals surface area contributed by atoms with Gasteiger partial charge in [-0.05, 0) is 32.7 Å². The van der Waals surface area contributed by atoms with Crippen molar-refractivity contribution < 1.29 is 4.74 Å². The third-order valence-electron chi connectivity index (χ3n) is 2.43.